The van der Waals surface area contributed by atoms with E-state index in [1.165, 1.54) is 0 Å². The van der Waals surface area contributed by atoms with Gasteiger partial charge in [-0.2, -0.15) is 5.90 Å². The maximum atomic E-state index is 11.3. The highest BCUT2D eigenvalue weighted by atomic mass is 16.7. The lowest BCUT2D eigenvalue weighted by molar-refractivity contribution is -0.146. The summed E-state index contributed by atoms with van der Waals surface area (Å²) >= 11 is 0. The van der Waals surface area contributed by atoms with E-state index in [1.807, 2.05) is 24.3 Å². The Morgan fingerprint density at radius 1 is 1.50 bits per heavy atom. The number of rotatable bonds is 1. The Hall–Kier alpha value is -1.55. The summed E-state index contributed by atoms with van der Waals surface area (Å²) in [6.07, 6.45) is 0.618. The van der Waals surface area contributed by atoms with Crippen molar-refractivity contribution >= 4 is 5.97 Å². The van der Waals surface area contributed by atoms with Crippen molar-refractivity contribution < 1.29 is 14.4 Å². The standard InChI is InChI=1S/C10H11NO3/c11-14-10(12)8-5-6-13-9-4-2-1-3-7(8)9/h1-4,8H,5-6,11H2. The van der Waals surface area contributed by atoms with Crippen molar-refractivity contribution in [3.8, 4) is 5.75 Å². The largest absolute Gasteiger partial charge is 0.493 e. The minimum absolute atomic E-state index is 0.287. The quantitative estimate of drug-likeness (QED) is 0.675. The van der Waals surface area contributed by atoms with Crippen LogP contribution in [0.4, 0.5) is 0 Å². The zero-order valence-corrected chi connectivity index (χ0v) is 7.60. The number of benzene rings is 1. The molecule has 0 saturated heterocycles. The number of fused-ring (bicyclic) bond motifs is 1. The average Bonchev–Trinajstić information content (AvgIpc) is 2.27. The van der Waals surface area contributed by atoms with E-state index in [0.29, 0.717) is 13.0 Å². The van der Waals surface area contributed by atoms with Gasteiger partial charge >= 0.3 is 5.97 Å². The predicted octanol–water partition coefficient (Wildman–Crippen LogP) is 0.970. The topological polar surface area (TPSA) is 61.5 Å². The average molecular weight is 193 g/mol. The molecule has 14 heavy (non-hydrogen) atoms. The molecule has 1 unspecified atom stereocenters. The fraction of sp³-hybridized carbons (Fsp3) is 0.300. The van der Waals surface area contributed by atoms with Crippen molar-refractivity contribution in [2.75, 3.05) is 6.61 Å². The number of hydrogen-bond donors (Lipinski definition) is 1. The van der Waals surface area contributed by atoms with Gasteiger partial charge in [-0.15, -0.1) is 0 Å². The van der Waals surface area contributed by atoms with Crippen LogP contribution >= 0.6 is 0 Å². The lowest BCUT2D eigenvalue weighted by atomic mass is 9.93. The Labute approximate surface area is 81.6 Å². The minimum atomic E-state index is -0.402. The molecule has 2 N–H and O–H groups in total. The van der Waals surface area contributed by atoms with E-state index < -0.39 is 5.97 Å². The van der Waals surface area contributed by atoms with E-state index in [2.05, 4.69) is 4.84 Å². The molecule has 0 aromatic heterocycles. The molecule has 2 rings (SSSR count). The van der Waals surface area contributed by atoms with Crippen molar-refractivity contribution in [2.24, 2.45) is 5.90 Å². The molecule has 1 aromatic carbocycles. The molecular weight excluding hydrogens is 182 g/mol. The Balaban J connectivity index is 2.35. The van der Waals surface area contributed by atoms with Gasteiger partial charge in [0.2, 0.25) is 0 Å². The van der Waals surface area contributed by atoms with Crippen LogP contribution in [0.3, 0.4) is 0 Å². The summed E-state index contributed by atoms with van der Waals surface area (Å²) in [6, 6.07) is 7.43. The molecule has 0 fully saturated rings. The van der Waals surface area contributed by atoms with Crippen molar-refractivity contribution in [3.05, 3.63) is 29.8 Å². The van der Waals surface area contributed by atoms with Gasteiger partial charge in [0.25, 0.3) is 0 Å². The number of para-hydroxylation sites is 1. The normalized spacial score (nSPS) is 19.4. The van der Waals surface area contributed by atoms with Gasteiger partial charge < -0.3 is 9.57 Å². The van der Waals surface area contributed by atoms with E-state index in [9.17, 15) is 4.79 Å². The van der Waals surface area contributed by atoms with Gasteiger partial charge in [-0.3, -0.25) is 0 Å². The second-order valence-electron chi connectivity index (χ2n) is 3.16. The van der Waals surface area contributed by atoms with E-state index in [1.54, 1.807) is 0 Å². The van der Waals surface area contributed by atoms with Gasteiger partial charge in [0.05, 0.1) is 12.5 Å². The third-order valence-electron chi connectivity index (χ3n) is 2.36. The second-order valence-corrected chi connectivity index (χ2v) is 3.16. The molecule has 74 valence electrons. The first-order valence-electron chi connectivity index (χ1n) is 4.45. The van der Waals surface area contributed by atoms with Crippen molar-refractivity contribution in [3.63, 3.8) is 0 Å². The summed E-state index contributed by atoms with van der Waals surface area (Å²) in [5.74, 6) is 4.93. The summed E-state index contributed by atoms with van der Waals surface area (Å²) in [7, 11) is 0. The first kappa shape index (κ1) is 9.02. The summed E-state index contributed by atoms with van der Waals surface area (Å²) in [6.45, 7) is 0.525. The third kappa shape index (κ3) is 1.44. The van der Waals surface area contributed by atoms with Crippen LogP contribution in [-0.2, 0) is 9.63 Å². The fourth-order valence-electron chi connectivity index (χ4n) is 1.67. The monoisotopic (exact) mass is 193 g/mol. The summed E-state index contributed by atoms with van der Waals surface area (Å²) in [5.41, 5.74) is 0.856. The number of carbonyl (C=O) groups excluding carboxylic acids is 1. The zero-order valence-electron chi connectivity index (χ0n) is 7.60. The highest BCUT2D eigenvalue weighted by Gasteiger charge is 2.28. The summed E-state index contributed by atoms with van der Waals surface area (Å²) in [5, 5.41) is 0. The molecule has 1 heterocycles. The maximum absolute atomic E-state index is 11.3. The van der Waals surface area contributed by atoms with Crippen LogP contribution in [0.5, 0.6) is 5.75 Å². The van der Waals surface area contributed by atoms with Gasteiger partial charge in [0, 0.05) is 5.56 Å². The van der Waals surface area contributed by atoms with Gasteiger partial charge in [-0.25, -0.2) is 4.79 Å². The molecule has 0 amide bonds. The van der Waals surface area contributed by atoms with E-state index in [4.69, 9.17) is 10.6 Å². The molecule has 1 aliphatic heterocycles. The molecule has 1 aliphatic rings. The van der Waals surface area contributed by atoms with E-state index >= 15 is 0 Å². The third-order valence-corrected chi connectivity index (χ3v) is 2.36. The lowest BCUT2D eigenvalue weighted by Crippen LogP contribution is -2.24. The van der Waals surface area contributed by atoms with Gasteiger partial charge in [0.1, 0.15) is 5.75 Å². The van der Waals surface area contributed by atoms with E-state index in [0.717, 1.165) is 11.3 Å². The summed E-state index contributed by atoms with van der Waals surface area (Å²) < 4.78 is 5.40. The molecule has 1 aromatic rings. The van der Waals surface area contributed by atoms with Crippen LogP contribution in [0.25, 0.3) is 0 Å². The first-order chi connectivity index (χ1) is 6.83. The number of hydrogen-bond acceptors (Lipinski definition) is 4. The summed E-state index contributed by atoms with van der Waals surface area (Å²) in [4.78, 5) is 15.6. The first-order valence-corrected chi connectivity index (χ1v) is 4.45. The Kier molecular flexibility index (Phi) is 2.37. The Bertz CT molecular complexity index is 351. The maximum Gasteiger partial charge on any atom is 0.332 e. The number of nitrogens with two attached hydrogens (primary N) is 1. The fourth-order valence-corrected chi connectivity index (χ4v) is 1.67. The van der Waals surface area contributed by atoms with Crippen molar-refractivity contribution in [1.82, 2.24) is 0 Å². The second kappa shape index (κ2) is 3.67. The smallest absolute Gasteiger partial charge is 0.332 e. The molecule has 0 saturated carbocycles. The van der Waals surface area contributed by atoms with E-state index in [-0.39, 0.29) is 5.92 Å². The van der Waals surface area contributed by atoms with Crippen molar-refractivity contribution in [2.45, 2.75) is 12.3 Å². The van der Waals surface area contributed by atoms with Crippen LogP contribution < -0.4 is 10.6 Å². The minimum Gasteiger partial charge on any atom is -0.493 e. The lowest BCUT2D eigenvalue weighted by Gasteiger charge is -2.23. The van der Waals surface area contributed by atoms with Gasteiger partial charge in [-0.05, 0) is 12.5 Å². The number of ether oxygens (including phenoxy) is 1. The zero-order chi connectivity index (χ0) is 9.97. The molecule has 0 radical (unpaired) electrons. The van der Waals surface area contributed by atoms with Gasteiger partial charge in [-0.1, -0.05) is 18.2 Å². The molecule has 1 atom stereocenters. The molecular formula is C10H11NO3. The molecule has 0 aliphatic carbocycles. The highest BCUT2D eigenvalue weighted by Crippen LogP contribution is 2.33. The van der Waals surface area contributed by atoms with Crippen LogP contribution in [0.1, 0.15) is 17.9 Å². The Morgan fingerprint density at radius 3 is 3.07 bits per heavy atom. The molecule has 4 nitrogen and oxygen atoms in total. The number of carbonyl (C=O) groups is 1. The van der Waals surface area contributed by atoms with Crippen LogP contribution in [0.15, 0.2) is 24.3 Å². The SMILES string of the molecule is NOC(=O)C1CCOc2ccccc21. The molecule has 0 bridgehead atoms. The van der Waals surface area contributed by atoms with Crippen LogP contribution in [-0.4, -0.2) is 12.6 Å². The predicted molar refractivity (Wildman–Crippen MR) is 49.6 cm³/mol. The molecule has 4 heteroatoms. The highest BCUT2D eigenvalue weighted by molar-refractivity contribution is 5.79. The Morgan fingerprint density at radius 2 is 2.29 bits per heavy atom. The van der Waals surface area contributed by atoms with Crippen LogP contribution in [0.2, 0.25) is 0 Å². The van der Waals surface area contributed by atoms with Gasteiger partial charge in [0.15, 0.2) is 0 Å². The molecule has 0 spiro atoms. The van der Waals surface area contributed by atoms with Crippen LogP contribution in [0, 0.1) is 0 Å². The van der Waals surface area contributed by atoms with Crippen molar-refractivity contribution in [1.29, 1.82) is 0 Å².